The van der Waals surface area contributed by atoms with E-state index in [0.29, 0.717) is 11.4 Å². The number of amides is 1. The summed E-state index contributed by atoms with van der Waals surface area (Å²) in [5, 5.41) is 1.07. The number of methoxy groups -OCH3 is 1. The number of carbonyl (C=O) groups excluding carboxylic acids is 2. The van der Waals surface area contributed by atoms with Gasteiger partial charge >= 0.3 is 5.97 Å². The van der Waals surface area contributed by atoms with Crippen molar-refractivity contribution in [2.75, 3.05) is 13.7 Å². The zero-order chi connectivity index (χ0) is 15.4. The van der Waals surface area contributed by atoms with Gasteiger partial charge in [0.1, 0.15) is 0 Å². The molecule has 2 aromatic rings. The molecule has 4 nitrogen and oxygen atoms in total. The maximum atomic E-state index is 12.6. The Morgan fingerprint density at radius 3 is 2.62 bits per heavy atom. The van der Waals surface area contributed by atoms with E-state index in [1.165, 1.54) is 18.4 Å². The zero-order valence-corrected chi connectivity index (χ0v) is 13.3. The molecular weight excluding hydrogens is 286 g/mol. The van der Waals surface area contributed by atoms with Gasteiger partial charge < -0.3 is 9.64 Å². The molecule has 0 aliphatic heterocycles. The van der Waals surface area contributed by atoms with E-state index in [1.54, 1.807) is 4.90 Å². The molecule has 0 atom stereocenters. The lowest BCUT2D eigenvalue weighted by molar-refractivity contribution is -0.140. The number of hydrogen-bond donors (Lipinski definition) is 0. The largest absolute Gasteiger partial charge is 0.469 e. The summed E-state index contributed by atoms with van der Waals surface area (Å²) in [6.45, 7) is 4.27. The molecule has 21 heavy (non-hydrogen) atoms. The summed E-state index contributed by atoms with van der Waals surface area (Å²) in [4.78, 5) is 26.3. The Balaban J connectivity index is 2.19. The van der Waals surface area contributed by atoms with Crippen LogP contribution in [0.4, 0.5) is 0 Å². The van der Waals surface area contributed by atoms with E-state index in [0.717, 1.165) is 10.1 Å². The lowest BCUT2D eigenvalue weighted by Gasteiger charge is -2.25. The smallest absolute Gasteiger partial charge is 0.307 e. The van der Waals surface area contributed by atoms with Crippen LogP contribution in [0.1, 0.15) is 29.9 Å². The van der Waals surface area contributed by atoms with E-state index >= 15 is 0 Å². The molecule has 0 saturated heterocycles. The fraction of sp³-hybridized carbons (Fsp3) is 0.375. The first-order chi connectivity index (χ1) is 10.0. The van der Waals surface area contributed by atoms with Gasteiger partial charge in [-0.2, -0.15) is 0 Å². The molecule has 112 valence electrons. The van der Waals surface area contributed by atoms with Crippen molar-refractivity contribution in [3.05, 3.63) is 35.2 Å². The molecular formula is C16H19NO3S. The third-order valence-electron chi connectivity index (χ3n) is 3.31. The summed E-state index contributed by atoms with van der Waals surface area (Å²) in [5.41, 5.74) is 0. The van der Waals surface area contributed by atoms with Crippen LogP contribution in [0.5, 0.6) is 0 Å². The topological polar surface area (TPSA) is 46.6 Å². The number of benzene rings is 1. The Labute approximate surface area is 128 Å². The first kappa shape index (κ1) is 15.5. The zero-order valence-electron chi connectivity index (χ0n) is 12.5. The predicted molar refractivity (Wildman–Crippen MR) is 84.6 cm³/mol. The van der Waals surface area contributed by atoms with E-state index in [4.69, 9.17) is 0 Å². The van der Waals surface area contributed by atoms with Crippen LogP contribution in [-0.2, 0) is 9.53 Å². The molecule has 2 rings (SSSR count). The molecule has 0 radical (unpaired) electrons. The van der Waals surface area contributed by atoms with Crippen molar-refractivity contribution in [3.63, 3.8) is 0 Å². The normalized spacial score (nSPS) is 10.9. The van der Waals surface area contributed by atoms with Crippen molar-refractivity contribution < 1.29 is 14.3 Å². The fourth-order valence-corrected chi connectivity index (χ4v) is 3.16. The Morgan fingerprint density at radius 1 is 1.29 bits per heavy atom. The van der Waals surface area contributed by atoms with Crippen LogP contribution < -0.4 is 0 Å². The molecule has 1 heterocycles. The van der Waals surface area contributed by atoms with E-state index in [9.17, 15) is 9.59 Å². The number of thiophene rings is 1. The molecule has 5 heteroatoms. The van der Waals surface area contributed by atoms with Crippen molar-refractivity contribution in [2.45, 2.75) is 26.3 Å². The number of rotatable bonds is 5. The average molecular weight is 305 g/mol. The first-order valence-electron chi connectivity index (χ1n) is 6.89. The lowest BCUT2D eigenvalue weighted by Crippen LogP contribution is -2.38. The standard InChI is InChI=1S/C16H19NO3S/c1-11(2)17(9-8-15(18)20-3)16(19)14-10-12-6-4-5-7-13(12)21-14/h4-7,10-11H,8-9H2,1-3H3. The van der Waals surface area contributed by atoms with Gasteiger partial charge in [-0.3, -0.25) is 9.59 Å². The van der Waals surface area contributed by atoms with Crippen molar-refractivity contribution in [3.8, 4) is 0 Å². The minimum Gasteiger partial charge on any atom is -0.469 e. The number of ether oxygens (including phenoxy) is 1. The van der Waals surface area contributed by atoms with Crippen molar-refractivity contribution in [1.29, 1.82) is 0 Å². The second kappa shape index (κ2) is 6.72. The van der Waals surface area contributed by atoms with Gasteiger partial charge in [-0.15, -0.1) is 11.3 Å². The van der Waals surface area contributed by atoms with E-state index < -0.39 is 0 Å². The van der Waals surface area contributed by atoms with Crippen LogP contribution in [0.15, 0.2) is 30.3 Å². The van der Waals surface area contributed by atoms with Crippen LogP contribution in [-0.4, -0.2) is 36.5 Å². The monoisotopic (exact) mass is 305 g/mol. The molecule has 0 saturated carbocycles. The van der Waals surface area contributed by atoms with Gasteiger partial charge in [0.05, 0.1) is 18.4 Å². The maximum absolute atomic E-state index is 12.6. The van der Waals surface area contributed by atoms with Gasteiger partial charge in [0, 0.05) is 17.3 Å². The van der Waals surface area contributed by atoms with E-state index in [2.05, 4.69) is 4.74 Å². The summed E-state index contributed by atoms with van der Waals surface area (Å²) < 4.78 is 5.73. The maximum Gasteiger partial charge on any atom is 0.307 e. The fourth-order valence-electron chi connectivity index (χ4n) is 2.14. The molecule has 0 spiro atoms. The summed E-state index contributed by atoms with van der Waals surface area (Å²) in [6, 6.07) is 9.87. The molecule has 0 aliphatic carbocycles. The SMILES string of the molecule is COC(=O)CCN(C(=O)c1cc2ccccc2s1)C(C)C. The number of carbonyl (C=O) groups is 2. The summed E-state index contributed by atoms with van der Waals surface area (Å²) in [7, 11) is 1.36. The summed E-state index contributed by atoms with van der Waals surface area (Å²) >= 11 is 1.48. The van der Waals surface area contributed by atoms with Crippen LogP contribution in [0.3, 0.4) is 0 Å². The van der Waals surface area contributed by atoms with E-state index in [1.807, 2.05) is 44.2 Å². The minimum absolute atomic E-state index is 0.0323. The minimum atomic E-state index is -0.301. The highest BCUT2D eigenvalue weighted by Crippen LogP contribution is 2.26. The molecule has 1 amide bonds. The third-order valence-corrected chi connectivity index (χ3v) is 4.41. The Hall–Kier alpha value is -1.88. The number of esters is 1. The summed E-state index contributed by atoms with van der Waals surface area (Å²) in [6.07, 6.45) is 0.214. The van der Waals surface area contributed by atoms with Crippen LogP contribution in [0.2, 0.25) is 0 Å². The van der Waals surface area contributed by atoms with E-state index in [-0.39, 0.29) is 24.3 Å². The van der Waals surface area contributed by atoms with Crippen molar-refractivity contribution in [1.82, 2.24) is 4.90 Å². The van der Waals surface area contributed by atoms with Gasteiger partial charge in [-0.1, -0.05) is 18.2 Å². The second-order valence-electron chi connectivity index (χ2n) is 5.07. The summed E-state index contributed by atoms with van der Waals surface area (Å²) in [5.74, 6) is -0.333. The molecule has 0 fully saturated rings. The molecule has 0 bridgehead atoms. The highest BCUT2D eigenvalue weighted by Gasteiger charge is 2.21. The number of nitrogens with zero attached hydrogens (tertiary/aromatic N) is 1. The molecule has 1 aromatic carbocycles. The molecule has 1 aromatic heterocycles. The third kappa shape index (κ3) is 3.61. The van der Waals surface area contributed by atoms with Gasteiger partial charge in [0.15, 0.2) is 0 Å². The van der Waals surface area contributed by atoms with Crippen molar-refractivity contribution >= 4 is 33.3 Å². The van der Waals surface area contributed by atoms with Crippen LogP contribution in [0.25, 0.3) is 10.1 Å². The molecule has 0 N–H and O–H groups in total. The van der Waals surface area contributed by atoms with Gasteiger partial charge in [0.2, 0.25) is 0 Å². The number of fused-ring (bicyclic) bond motifs is 1. The Bertz CT molecular complexity index is 615. The quantitative estimate of drug-likeness (QED) is 0.796. The highest BCUT2D eigenvalue weighted by atomic mass is 32.1. The van der Waals surface area contributed by atoms with Gasteiger partial charge in [-0.05, 0) is 31.4 Å². The first-order valence-corrected chi connectivity index (χ1v) is 7.71. The Morgan fingerprint density at radius 2 is 2.00 bits per heavy atom. The van der Waals surface area contributed by atoms with Crippen LogP contribution in [0, 0.1) is 0 Å². The van der Waals surface area contributed by atoms with Gasteiger partial charge in [0.25, 0.3) is 5.91 Å². The molecule has 0 aliphatic rings. The highest BCUT2D eigenvalue weighted by molar-refractivity contribution is 7.20. The molecule has 0 unspecified atom stereocenters. The predicted octanol–water partition coefficient (Wildman–Crippen LogP) is 3.32. The average Bonchev–Trinajstić information content (AvgIpc) is 2.90. The van der Waals surface area contributed by atoms with Crippen molar-refractivity contribution in [2.24, 2.45) is 0 Å². The Kier molecular flexibility index (Phi) is 4.96. The van der Waals surface area contributed by atoms with Gasteiger partial charge in [-0.25, -0.2) is 0 Å². The lowest BCUT2D eigenvalue weighted by atomic mass is 10.2. The second-order valence-corrected chi connectivity index (χ2v) is 6.15. The van der Waals surface area contributed by atoms with Crippen LogP contribution >= 0.6 is 11.3 Å². The number of hydrogen-bond acceptors (Lipinski definition) is 4.